The van der Waals surface area contributed by atoms with Crippen molar-refractivity contribution >= 4 is 33.2 Å². The van der Waals surface area contributed by atoms with Gasteiger partial charge in [0.05, 0.1) is 21.6 Å². The summed E-state index contributed by atoms with van der Waals surface area (Å²) in [5.74, 6) is -0.196. The van der Waals surface area contributed by atoms with Crippen molar-refractivity contribution in [2.24, 2.45) is 0 Å². The average molecular weight is 491 g/mol. The third kappa shape index (κ3) is 6.94. The zero-order valence-electron chi connectivity index (χ0n) is 18.1. The Morgan fingerprint density at radius 2 is 1.70 bits per heavy atom. The van der Waals surface area contributed by atoms with Crippen LogP contribution < -0.4 is 14.8 Å². The van der Waals surface area contributed by atoms with Crippen LogP contribution in [0, 0.1) is 5.82 Å². The number of carbonyl (C=O) groups excluding carboxylic acids is 1. The van der Waals surface area contributed by atoms with E-state index in [-0.39, 0.29) is 27.3 Å². The quantitative estimate of drug-likeness (QED) is 0.440. The van der Waals surface area contributed by atoms with Gasteiger partial charge < -0.3 is 10.1 Å². The van der Waals surface area contributed by atoms with E-state index in [0.29, 0.717) is 13.0 Å². The SMILES string of the molecule is CC(C)Oc1ccc(CCNC(=O)c2cc(S(=O)(=O)Nc3ccc(F)cc3)ccc2Cl)cc1. The second-order valence-electron chi connectivity index (χ2n) is 7.57. The summed E-state index contributed by atoms with van der Waals surface area (Å²) in [6, 6.07) is 16.3. The first-order chi connectivity index (χ1) is 15.6. The minimum Gasteiger partial charge on any atom is -0.491 e. The van der Waals surface area contributed by atoms with Gasteiger partial charge in [-0.2, -0.15) is 0 Å². The topological polar surface area (TPSA) is 84.5 Å². The molecule has 0 radical (unpaired) electrons. The Bertz CT molecular complexity index is 1210. The molecule has 0 unspecified atom stereocenters. The number of amides is 1. The summed E-state index contributed by atoms with van der Waals surface area (Å²) in [5, 5.41) is 2.89. The third-order valence-electron chi connectivity index (χ3n) is 4.58. The molecule has 0 heterocycles. The number of rotatable bonds is 9. The zero-order chi connectivity index (χ0) is 24.0. The molecule has 0 aliphatic rings. The predicted molar refractivity (Wildman–Crippen MR) is 127 cm³/mol. The fraction of sp³-hybridized carbons (Fsp3) is 0.208. The molecule has 0 aliphatic heterocycles. The summed E-state index contributed by atoms with van der Waals surface area (Å²) in [6.45, 7) is 4.24. The Labute approximate surface area is 197 Å². The van der Waals surface area contributed by atoms with E-state index < -0.39 is 21.7 Å². The number of halogens is 2. The molecule has 6 nitrogen and oxygen atoms in total. The van der Waals surface area contributed by atoms with E-state index in [1.807, 2.05) is 38.1 Å². The van der Waals surface area contributed by atoms with Gasteiger partial charge in [-0.15, -0.1) is 0 Å². The molecule has 9 heteroatoms. The monoisotopic (exact) mass is 490 g/mol. The van der Waals surface area contributed by atoms with Crippen LogP contribution in [-0.2, 0) is 16.4 Å². The first-order valence-corrected chi connectivity index (χ1v) is 12.1. The standard InChI is InChI=1S/C24H24ClFN2O4S/c1-16(2)32-20-9-3-17(4-10-20)13-14-27-24(29)22-15-21(11-12-23(22)25)33(30,31)28-19-7-5-18(26)6-8-19/h3-12,15-16,28H,13-14H2,1-2H3,(H,27,29). The fourth-order valence-electron chi connectivity index (χ4n) is 3.00. The van der Waals surface area contributed by atoms with Crippen LogP contribution in [0.4, 0.5) is 10.1 Å². The van der Waals surface area contributed by atoms with Gasteiger partial charge in [0.1, 0.15) is 11.6 Å². The van der Waals surface area contributed by atoms with E-state index >= 15 is 0 Å². The van der Waals surface area contributed by atoms with Gasteiger partial charge in [0.25, 0.3) is 15.9 Å². The molecule has 0 bridgehead atoms. The van der Waals surface area contributed by atoms with Crippen molar-refractivity contribution in [3.8, 4) is 5.75 Å². The van der Waals surface area contributed by atoms with Crippen LogP contribution >= 0.6 is 11.6 Å². The largest absolute Gasteiger partial charge is 0.491 e. The summed E-state index contributed by atoms with van der Waals surface area (Å²) in [7, 11) is -4.00. The van der Waals surface area contributed by atoms with Gasteiger partial charge in [-0.25, -0.2) is 12.8 Å². The highest BCUT2D eigenvalue weighted by Gasteiger charge is 2.19. The summed E-state index contributed by atoms with van der Waals surface area (Å²) < 4.78 is 46.4. The number of ether oxygens (including phenoxy) is 1. The van der Waals surface area contributed by atoms with E-state index in [1.165, 1.54) is 30.3 Å². The number of nitrogens with one attached hydrogen (secondary N) is 2. The van der Waals surface area contributed by atoms with Crippen molar-refractivity contribution in [3.63, 3.8) is 0 Å². The number of benzene rings is 3. The van der Waals surface area contributed by atoms with Crippen molar-refractivity contribution in [2.75, 3.05) is 11.3 Å². The Morgan fingerprint density at radius 3 is 2.33 bits per heavy atom. The molecule has 3 aromatic rings. The number of hydrogen-bond acceptors (Lipinski definition) is 4. The molecule has 0 spiro atoms. The minimum absolute atomic E-state index is 0.0410. The van der Waals surface area contributed by atoms with E-state index in [0.717, 1.165) is 23.4 Å². The van der Waals surface area contributed by atoms with Crippen LogP contribution in [0.3, 0.4) is 0 Å². The van der Waals surface area contributed by atoms with Gasteiger partial charge in [-0.05, 0) is 80.4 Å². The Kier molecular flexibility index (Phi) is 7.94. The van der Waals surface area contributed by atoms with E-state index in [1.54, 1.807) is 0 Å². The van der Waals surface area contributed by atoms with Crippen LogP contribution in [0.5, 0.6) is 5.75 Å². The van der Waals surface area contributed by atoms with Crippen molar-refractivity contribution in [2.45, 2.75) is 31.3 Å². The molecular formula is C24H24ClFN2O4S. The number of anilines is 1. The average Bonchev–Trinajstić information content (AvgIpc) is 2.76. The van der Waals surface area contributed by atoms with Crippen LogP contribution in [0.15, 0.2) is 71.6 Å². The van der Waals surface area contributed by atoms with Crippen molar-refractivity contribution in [1.29, 1.82) is 0 Å². The van der Waals surface area contributed by atoms with Crippen LogP contribution in [-0.4, -0.2) is 27.0 Å². The summed E-state index contributed by atoms with van der Waals surface area (Å²) in [6.07, 6.45) is 0.667. The van der Waals surface area contributed by atoms with Crippen LogP contribution in [0.1, 0.15) is 29.8 Å². The molecule has 0 atom stereocenters. The normalized spacial score (nSPS) is 11.3. The van der Waals surface area contributed by atoms with Crippen LogP contribution in [0.25, 0.3) is 0 Å². The fourth-order valence-corrected chi connectivity index (χ4v) is 4.29. The van der Waals surface area contributed by atoms with Gasteiger partial charge in [0.2, 0.25) is 0 Å². The number of sulfonamides is 1. The summed E-state index contributed by atoms with van der Waals surface area (Å²) in [4.78, 5) is 12.5. The Hall–Kier alpha value is -3.10. The maximum Gasteiger partial charge on any atom is 0.261 e. The lowest BCUT2D eigenvalue weighted by atomic mass is 10.1. The smallest absolute Gasteiger partial charge is 0.261 e. The maximum absolute atomic E-state index is 13.1. The van der Waals surface area contributed by atoms with Gasteiger partial charge >= 0.3 is 0 Å². The predicted octanol–water partition coefficient (Wildman–Crippen LogP) is 5.04. The highest BCUT2D eigenvalue weighted by molar-refractivity contribution is 7.92. The van der Waals surface area contributed by atoms with E-state index in [2.05, 4.69) is 10.0 Å². The van der Waals surface area contributed by atoms with Crippen molar-refractivity contribution in [1.82, 2.24) is 5.32 Å². The lowest BCUT2D eigenvalue weighted by molar-refractivity contribution is 0.0954. The highest BCUT2D eigenvalue weighted by atomic mass is 35.5. The van der Waals surface area contributed by atoms with Gasteiger partial charge in [0, 0.05) is 12.2 Å². The number of hydrogen-bond donors (Lipinski definition) is 2. The molecule has 0 saturated heterocycles. The summed E-state index contributed by atoms with van der Waals surface area (Å²) in [5.41, 5.74) is 1.25. The van der Waals surface area contributed by atoms with Gasteiger partial charge in [-0.1, -0.05) is 23.7 Å². The molecule has 3 rings (SSSR count). The Balaban J connectivity index is 1.64. The van der Waals surface area contributed by atoms with E-state index in [9.17, 15) is 17.6 Å². The first-order valence-electron chi connectivity index (χ1n) is 10.3. The molecule has 174 valence electrons. The highest BCUT2D eigenvalue weighted by Crippen LogP contribution is 2.23. The molecule has 0 saturated carbocycles. The maximum atomic E-state index is 13.1. The second-order valence-corrected chi connectivity index (χ2v) is 9.66. The molecule has 0 aliphatic carbocycles. The third-order valence-corrected chi connectivity index (χ3v) is 6.29. The molecule has 2 N–H and O–H groups in total. The Morgan fingerprint density at radius 1 is 1.03 bits per heavy atom. The van der Waals surface area contributed by atoms with Crippen LogP contribution in [0.2, 0.25) is 5.02 Å². The zero-order valence-corrected chi connectivity index (χ0v) is 19.7. The molecule has 1 amide bonds. The first kappa shape index (κ1) is 24.5. The molecule has 0 aromatic heterocycles. The summed E-state index contributed by atoms with van der Waals surface area (Å²) >= 11 is 6.14. The molecule has 0 fully saturated rings. The lowest BCUT2D eigenvalue weighted by Crippen LogP contribution is -2.26. The second kappa shape index (κ2) is 10.7. The van der Waals surface area contributed by atoms with E-state index in [4.69, 9.17) is 16.3 Å². The molecule has 3 aromatic carbocycles. The van der Waals surface area contributed by atoms with Crippen molar-refractivity contribution in [3.05, 3.63) is 88.7 Å². The number of carbonyl (C=O) groups is 1. The van der Waals surface area contributed by atoms with Gasteiger partial charge in [0.15, 0.2) is 0 Å². The molecular weight excluding hydrogens is 467 g/mol. The minimum atomic E-state index is -4.00. The van der Waals surface area contributed by atoms with Gasteiger partial charge in [-0.3, -0.25) is 9.52 Å². The van der Waals surface area contributed by atoms with Crippen molar-refractivity contribution < 1.29 is 22.3 Å². The molecule has 33 heavy (non-hydrogen) atoms. The lowest BCUT2D eigenvalue weighted by Gasteiger charge is -2.12.